The summed E-state index contributed by atoms with van der Waals surface area (Å²) in [6.07, 6.45) is -4.84. The first-order valence-electron chi connectivity index (χ1n) is 12.8. The lowest BCUT2D eigenvalue weighted by Crippen LogP contribution is -2.32. The Bertz CT molecular complexity index is 1780. The lowest BCUT2D eigenvalue weighted by molar-refractivity contribution is -0.274. The summed E-state index contributed by atoms with van der Waals surface area (Å²) in [6, 6.07) is 14.1. The molecule has 1 aliphatic rings. The number of hydrogen-bond donors (Lipinski definition) is 1. The van der Waals surface area contributed by atoms with Crippen molar-refractivity contribution in [1.82, 2.24) is 14.8 Å². The standard InChI is InChI=1S/C29H20F6N6O3S/c1-17-2-12-22(28(30,31)32)23(14-17)41-25(42)15-45-27(41)38-26(43)37-19-6-3-18(4-7-19)5-13-24-36-16-40(39-24)20-8-10-21(11-9-20)44-29(33,34)35/h2-14,16H,15H2,1H3,(H,37,43)/b13-5+,38-27?. The third kappa shape index (κ3) is 7.89. The number of urea groups is 1. The van der Waals surface area contributed by atoms with E-state index in [1.165, 1.54) is 35.3 Å². The fourth-order valence-electron chi connectivity index (χ4n) is 4.11. The molecular formula is C29H20F6N6O3S. The molecule has 0 aliphatic carbocycles. The van der Waals surface area contributed by atoms with Crippen molar-refractivity contribution in [2.45, 2.75) is 19.5 Å². The first kappa shape index (κ1) is 31.3. The summed E-state index contributed by atoms with van der Waals surface area (Å²) in [5.41, 5.74) is 0.589. The highest BCUT2D eigenvalue weighted by Crippen LogP contribution is 2.40. The van der Waals surface area contributed by atoms with Gasteiger partial charge < -0.3 is 10.1 Å². The number of ether oxygens (including phenoxy) is 1. The minimum absolute atomic E-state index is 0.172. The average molecular weight is 647 g/mol. The van der Waals surface area contributed by atoms with Crippen molar-refractivity contribution < 1.29 is 40.7 Å². The van der Waals surface area contributed by atoms with E-state index in [0.29, 0.717) is 28.3 Å². The number of nitrogens with zero attached hydrogens (tertiary/aromatic N) is 5. The molecule has 3 amide bonds. The predicted octanol–water partition coefficient (Wildman–Crippen LogP) is 7.33. The smallest absolute Gasteiger partial charge is 0.406 e. The first-order valence-corrected chi connectivity index (χ1v) is 13.8. The molecule has 0 saturated carbocycles. The summed E-state index contributed by atoms with van der Waals surface area (Å²) >= 11 is 0.856. The lowest BCUT2D eigenvalue weighted by Gasteiger charge is -2.21. The number of thioether (sulfide) groups is 1. The Morgan fingerprint density at radius 1 is 1.00 bits per heavy atom. The molecule has 2 heterocycles. The third-order valence-corrected chi connectivity index (χ3v) is 7.02. The zero-order valence-corrected chi connectivity index (χ0v) is 23.7. The normalized spacial score (nSPS) is 14.9. The fourth-order valence-corrected chi connectivity index (χ4v) is 4.97. The van der Waals surface area contributed by atoms with Gasteiger partial charge in [0.25, 0.3) is 0 Å². The molecule has 1 aromatic heterocycles. The Morgan fingerprint density at radius 3 is 2.38 bits per heavy atom. The molecule has 0 radical (unpaired) electrons. The van der Waals surface area contributed by atoms with Gasteiger partial charge in [0, 0.05) is 5.69 Å². The molecule has 0 unspecified atom stereocenters. The number of amides is 3. The number of halogens is 6. The highest BCUT2D eigenvalue weighted by Gasteiger charge is 2.40. The van der Waals surface area contributed by atoms with Crippen LogP contribution in [-0.4, -0.2) is 44.0 Å². The second-order valence-electron chi connectivity index (χ2n) is 9.41. The SMILES string of the molecule is Cc1ccc(C(F)(F)F)c(N2C(=O)CSC2=NC(=O)Nc2ccc(/C=C/c3ncn(-c4ccc(OC(F)(F)F)cc4)n3)cc2)c1. The Hall–Kier alpha value is -5.12. The van der Waals surface area contributed by atoms with E-state index in [1.54, 1.807) is 43.3 Å². The highest BCUT2D eigenvalue weighted by atomic mass is 32.2. The van der Waals surface area contributed by atoms with E-state index in [9.17, 15) is 35.9 Å². The van der Waals surface area contributed by atoms with E-state index in [4.69, 9.17) is 0 Å². The van der Waals surface area contributed by atoms with Gasteiger partial charge in [0.05, 0.1) is 22.7 Å². The minimum atomic E-state index is -4.79. The fraction of sp³-hybridized carbons (Fsp3) is 0.138. The molecule has 9 nitrogen and oxygen atoms in total. The number of aryl methyl sites for hydroxylation is 1. The first-order chi connectivity index (χ1) is 21.2. The number of carbonyl (C=O) groups is 2. The highest BCUT2D eigenvalue weighted by molar-refractivity contribution is 8.15. The summed E-state index contributed by atoms with van der Waals surface area (Å²) in [7, 11) is 0. The van der Waals surface area contributed by atoms with Gasteiger partial charge in [-0.3, -0.25) is 9.69 Å². The van der Waals surface area contributed by atoms with Gasteiger partial charge in [0.1, 0.15) is 12.1 Å². The molecule has 4 aromatic rings. The number of hydrogen-bond acceptors (Lipinski definition) is 6. The van der Waals surface area contributed by atoms with E-state index in [-0.39, 0.29) is 16.7 Å². The summed E-state index contributed by atoms with van der Waals surface area (Å²) in [6.45, 7) is 1.59. The van der Waals surface area contributed by atoms with Gasteiger partial charge in [0.2, 0.25) is 5.91 Å². The maximum atomic E-state index is 13.6. The summed E-state index contributed by atoms with van der Waals surface area (Å²) in [5, 5.41) is 6.61. The van der Waals surface area contributed by atoms with Gasteiger partial charge in [0.15, 0.2) is 11.0 Å². The number of anilines is 2. The van der Waals surface area contributed by atoms with Crippen molar-refractivity contribution in [3.63, 3.8) is 0 Å². The van der Waals surface area contributed by atoms with Crippen molar-refractivity contribution in [1.29, 1.82) is 0 Å². The molecule has 0 bridgehead atoms. The molecule has 232 valence electrons. The summed E-state index contributed by atoms with van der Waals surface area (Å²) in [4.78, 5) is 34.0. The quantitative estimate of drug-likeness (QED) is 0.220. The van der Waals surface area contributed by atoms with E-state index >= 15 is 0 Å². The van der Waals surface area contributed by atoms with Crippen molar-refractivity contribution >= 4 is 52.4 Å². The minimum Gasteiger partial charge on any atom is -0.406 e. The van der Waals surface area contributed by atoms with Crippen LogP contribution in [0.3, 0.4) is 0 Å². The molecule has 1 saturated heterocycles. The number of benzene rings is 3. The number of amidine groups is 1. The molecule has 5 rings (SSSR count). The Kier molecular flexibility index (Phi) is 8.68. The molecule has 1 N–H and O–H groups in total. The molecule has 1 fully saturated rings. The zero-order valence-electron chi connectivity index (χ0n) is 22.9. The van der Waals surface area contributed by atoms with Crippen LogP contribution in [0, 0.1) is 6.92 Å². The van der Waals surface area contributed by atoms with Gasteiger partial charge in [-0.2, -0.15) is 18.2 Å². The third-order valence-electron chi connectivity index (χ3n) is 6.09. The number of carbonyl (C=O) groups excluding carboxylic acids is 2. The van der Waals surface area contributed by atoms with Gasteiger partial charge in [-0.1, -0.05) is 36.0 Å². The lowest BCUT2D eigenvalue weighted by atomic mass is 10.1. The number of aromatic nitrogens is 3. The molecule has 0 atom stereocenters. The zero-order chi connectivity index (χ0) is 32.4. The second kappa shape index (κ2) is 12.5. The van der Waals surface area contributed by atoms with Crippen LogP contribution in [0.1, 0.15) is 22.5 Å². The maximum absolute atomic E-state index is 13.6. The van der Waals surface area contributed by atoms with E-state index in [0.717, 1.165) is 34.9 Å². The van der Waals surface area contributed by atoms with E-state index < -0.39 is 35.7 Å². The predicted molar refractivity (Wildman–Crippen MR) is 156 cm³/mol. The van der Waals surface area contributed by atoms with Crippen LogP contribution >= 0.6 is 11.8 Å². The average Bonchev–Trinajstić information content (AvgIpc) is 3.58. The van der Waals surface area contributed by atoms with Gasteiger partial charge in [-0.15, -0.1) is 18.3 Å². The Morgan fingerprint density at radius 2 is 1.71 bits per heavy atom. The molecule has 1 aliphatic heterocycles. The van der Waals surface area contributed by atoms with E-state index in [1.807, 2.05) is 0 Å². The molecule has 45 heavy (non-hydrogen) atoms. The van der Waals surface area contributed by atoms with Crippen molar-refractivity contribution in [2.75, 3.05) is 16.0 Å². The summed E-state index contributed by atoms with van der Waals surface area (Å²) < 4.78 is 83.2. The number of aliphatic imine (C=N–C) groups is 1. The van der Waals surface area contributed by atoms with Crippen LogP contribution in [0.4, 0.5) is 42.5 Å². The topological polar surface area (TPSA) is 102 Å². The monoisotopic (exact) mass is 646 g/mol. The van der Waals surface area contributed by atoms with E-state index in [2.05, 4.69) is 25.1 Å². The van der Waals surface area contributed by atoms with Crippen LogP contribution in [0.25, 0.3) is 17.8 Å². The van der Waals surface area contributed by atoms with Crippen LogP contribution in [0.5, 0.6) is 5.75 Å². The largest absolute Gasteiger partial charge is 0.573 e. The number of alkyl halides is 6. The maximum Gasteiger partial charge on any atom is 0.573 e. The Labute approximate surface area is 255 Å². The van der Waals surface area contributed by atoms with Crippen molar-refractivity contribution in [2.24, 2.45) is 4.99 Å². The molecule has 3 aromatic carbocycles. The van der Waals surface area contributed by atoms with Crippen LogP contribution in [-0.2, 0) is 11.0 Å². The van der Waals surface area contributed by atoms with Gasteiger partial charge in [-0.05, 0) is 72.7 Å². The van der Waals surface area contributed by atoms with Crippen LogP contribution < -0.4 is 15.0 Å². The number of nitrogens with one attached hydrogen (secondary N) is 1. The van der Waals surface area contributed by atoms with Crippen molar-refractivity contribution in [3.05, 3.63) is 95.6 Å². The summed E-state index contributed by atoms with van der Waals surface area (Å²) in [5.74, 6) is -0.857. The van der Waals surface area contributed by atoms with Crippen LogP contribution in [0.15, 0.2) is 78.0 Å². The molecule has 0 spiro atoms. The Balaban J connectivity index is 1.23. The number of rotatable bonds is 6. The molecular weight excluding hydrogens is 626 g/mol. The van der Waals surface area contributed by atoms with Gasteiger partial charge in [-0.25, -0.2) is 14.5 Å². The van der Waals surface area contributed by atoms with Crippen LogP contribution in [0.2, 0.25) is 0 Å². The van der Waals surface area contributed by atoms with Gasteiger partial charge >= 0.3 is 18.6 Å². The second-order valence-corrected chi connectivity index (χ2v) is 10.3. The molecule has 16 heteroatoms. The van der Waals surface area contributed by atoms with Crippen molar-refractivity contribution in [3.8, 4) is 11.4 Å².